The molecule has 5 atom stereocenters. The summed E-state index contributed by atoms with van der Waals surface area (Å²) < 4.78 is 0. The van der Waals surface area contributed by atoms with E-state index in [9.17, 15) is 0 Å². The molecule has 2 aliphatic rings. The number of nitrogens with zero attached hydrogens (tertiary/aromatic N) is 1. The van der Waals surface area contributed by atoms with Crippen LogP contribution in [0.2, 0.25) is 0 Å². The van der Waals surface area contributed by atoms with Crippen molar-refractivity contribution in [2.24, 2.45) is 16.3 Å². The fourth-order valence-electron chi connectivity index (χ4n) is 5.28. The maximum absolute atomic E-state index is 6.85. The van der Waals surface area contributed by atoms with Gasteiger partial charge in [0.25, 0.3) is 0 Å². The van der Waals surface area contributed by atoms with Crippen molar-refractivity contribution < 1.29 is 0 Å². The molecular weight excluding hydrogens is 316 g/mol. The summed E-state index contributed by atoms with van der Waals surface area (Å²) >= 11 is 6.85. The molecule has 2 aliphatic carbocycles. The molecule has 2 nitrogen and oxygen atoms in total. The standard InChI is InChI=1S/C21H25ClN2/c1-6-21(4)15(22)11-13-17(19(21)23-5)16-12-9-7-8-10-14(12)24-18(16)20(13,2)3/h6-10,13,15,17,19,24H,1,5,11H2,2-4H3/t13-,15+,17-,19+,21+/m0/s1. The van der Waals surface area contributed by atoms with E-state index in [1.807, 2.05) is 6.08 Å². The monoisotopic (exact) mass is 340 g/mol. The topological polar surface area (TPSA) is 28.1 Å². The first kappa shape index (κ1) is 16.0. The molecule has 2 aromatic rings. The summed E-state index contributed by atoms with van der Waals surface area (Å²) in [7, 11) is 0. The minimum atomic E-state index is -0.236. The van der Waals surface area contributed by atoms with Crippen LogP contribution in [-0.4, -0.2) is 23.1 Å². The van der Waals surface area contributed by atoms with Gasteiger partial charge >= 0.3 is 0 Å². The molecular formula is C21H25ClN2. The first-order valence-electron chi connectivity index (χ1n) is 8.70. The van der Waals surface area contributed by atoms with E-state index in [4.69, 9.17) is 11.6 Å². The fraction of sp³-hybridized carbons (Fsp3) is 0.476. The molecule has 1 fully saturated rings. The molecule has 3 heteroatoms. The second-order valence-electron chi connectivity index (χ2n) is 8.21. The van der Waals surface area contributed by atoms with E-state index in [0.29, 0.717) is 11.8 Å². The Morgan fingerprint density at radius 1 is 1.29 bits per heavy atom. The molecule has 1 N–H and O–H groups in total. The molecule has 0 radical (unpaired) electrons. The van der Waals surface area contributed by atoms with E-state index in [2.05, 4.69) is 68.3 Å². The highest BCUT2D eigenvalue weighted by molar-refractivity contribution is 6.21. The number of hydrogen-bond acceptors (Lipinski definition) is 1. The fourth-order valence-corrected chi connectivity index (χ4v) is 5.69. The van der Waals surface area contributed by atoms with Crippen LogP contribution in [-0.2, 0) is 5.41 Å². The Morgan fingerprint density at radius 2 is 2.00 bits per heavy atom. The Hall–Kier alpha value is -1.54. The van der Waals surface area contributed by atoms with Crippen LogP contribution in [0.5, 0.6) is 0 Å². The quantitative estimate of drug-likeness (QED) is 0.429. The van der Waals surface area contributed by atoms with Crippen LogP contribution in [0.25, 0.3) is 10.9 Å². The minimum absolute atomic E-state index is 0.0290. The Kier molecular flexibility index (Phi) is 3.31. The molecule has 0 unspecified atom stereocenters. The zero-order valence-corrected chi connectivity index (χ0v) is 15.4. The van der Waals surface area contributed by atoms with E-state index >= 15 is 0 Å². The van der Waals surface area contributed by atoms with Crippen molar-refractivity contribution in [3.05, 3.63) is 48.2 Å². The third-order valence-corrected chi connectivity index (χ3v) is 7.48. The third-order valence-electron chi connectivity index (χ3n) is 6.83. The lowest BCUT2D eigenvalue weighted by Crippen LogP contribution is -2.50. The van der Waals surface area contributed by atoms with Gasteiger partial charge in [0.2, 0.25) is 0 Å². The van der Waals surface area contributed by atoms with Crippen molar-refractivity contribution in [2.45, 2.75) is 49.9 Å². The zero-order valence-electron chi connectivity index (χ0n) is 14.6. The molecule has 24 heavy (non-hydrogen) atoms. The van der Waals surface area contributed by atoms with E-state index in [1.165, 1.54) is 22.2 Å². The van der Waals surface area contributed by atoms with Gasteiger partial charge in [0.15, 0.2) is 0 Å². The highest BCUT2D eigenvalue weighted by Gasteiger charge is 2.59. The second kappa shape index (κ2) is 4.98. The first-order chi connectivity index (χ1) is 11.4. The van der Waals surface area contributed by atoms with Crippen molar-refractivity contribution in [1.29, 1.82) is 0 Å². The molecule has 1 saturated carbocycles. The summed E-state index contributed by atoms with van der Waals surface area (Å²) in [6.45, 7) is 14.9. The van der Waals surface area contributed by atoms with Crippen LogP contribution in [0.3, 0.4) is 0 Å². The molecule has 0 aliphatic heterocycles. The number of benzene rings is 1. The number of para-hydroxylation sites is 1. The van der Waals surface area contributed by atoms with Crippen LogP contribution >= 0.6 is 11.6 Å². The minimum Gasteiger partial charge on any atom is -0.358 e. The Balaban J connectivity index is 2.00. The molecule has 0 bridgehead atoms. The number of rotatable bonds is 2. The van der Waals surface area contributed by atoms with Gasteiger partial charge < -0.3 is 4.98 Å². The Labute approximate surface area is 149 Å². The van der Waals surface area contributed by atoms with Gasteiger partial charge in [0.05, 0.1) is 6.04 Å². The third kappa shape index (κ3) is 1.75. The Bertz CT molecular complexity index is 833. The lowest BCUT2D eigenvalue weighted by Gasteiger charge is -2.49. The van der Waals surface area contributed by atoms with Crippen molar-refractivity contribution in [3.8, 4) is 0 Å². The van der Waals surface area contributed by atoms with Gasteiger partial charge in [0, 0.05) is 38.7 Å². The predicted molar refractivity (Wildman–Crippen MR) is 103 cm³/mol. The average Bonchev–Trinajstić information content (AvgIpc) is 3.04. The largest absolute Gasteiger partial charge is 0.358 e. The molecule has 126 valence electrons. The van der Waals surface area contributed by atoms with Crippen molar-refractivity contribution in [1.82, 2.24) is 4.98 Å². The van der Waals surface area contributed by atoms with Crippen LogP contribution in [0.15, 0.2) is 41.9 Å². The number of fused-ring (bicyclic) bond motifs is 5. The number of halogens is 1. The summed E-state index contributed by atoms with van der Waals surface area (Å²) in [5, 5.41) is 1.35. The van der Waals surface area contributed by atoms with Gasteiger partial charge in [-0.15, -0.1) is 18.2 Å². The van der Waals surface area contributed by atoms with Gasteiger partial charge in [-0.05, 0) is 30.7 Å². The normalized spacial score (nSPS) is 37.0. The summed E-state index contributed by atoms with van der Waals surface area (Å²) in [4.78, 5) is 8.29. The molecule has 0 amide bonds. The maximum atomic E-state index is 6.85. The molecule has 0 spiro atoms. The molecule has 0 saturated heterocycles. The van der Waals surface area contributed by atoms with E-state index in [-0.39, 0.29) is 22.2 Å². The lowest BCUT2D eigenvalue weighted by atomic mass is 9.59. The number of aromatic amines is 1. The van der Waals surface area contributed by atoms with Gasteiger partial charge in [-0.2, -0.15) is 0 Å². The van der Waals surface area contributed by atoms with Crippen molar-refractivity contribution in [3.63, 3.8) is 0 Å². The molecule has 1 aromatic carbocycles. The number of aromatic nitrogens is 1. The SMILES string of the molecule is C=C[C@]1(C)[C@H](Cl)C[C@H]2[C@@H](c3c([nH]c4ccccc34)C2(C)C)[C@H]1N=C. The number of aliphatic imine (C=N–C) groups is 1. The van der Waals surface area contributed by atoms with Crippen LogP contribution in [0.4, 0.5) is 0 Å². The highest BCUT2D eigenvalue weighted by Crippen LogP contribution is 2.63. The summed E-state index contributed by atoms with van der Waals surface area (Å²) in [6.07, 6.45) is 2.98. The van der Waals surface area contributed by atoms with Crippen molar-refractivity contribution >= 4 is 29.2 Å². The lowest BCUT2D eigenvalue weighted by molar-refractivity contribution is 0.131. The van der Waals surface area contributed by atoms with Crippen LogP contribution in [0, 0.1) is 11.3 Å². The number of hydrogen-bond donors (Lipinski definition) is 1. The zero-order chi connectivity index (χ0) is 17.3. The Morgan fingerprint density at radius 3 is 2.67 bits per heavy atom. The summed E-state index contributed by atoms with van der Waals surface area (Å²) in [6, 6.07) is 8.64. The van der Waals surface area contributed by atoms with Gasteiger partial charge in [0.1, 0.15) is 0 Å². The average molecular weight is 341 g/mol. The van der Waals surface area contributed by atoms with Gasteiger partial charge in [-0.1, -0.05) is 45.0 Å². The molecule has 1 heterocycles. The van der Waals surface area contributed by atoms with Gasteiger partial charge in [-0.3, -0.25) is 4.99 Å². The second-order valence-corrected chi connectivity index (χ2v) is 8.74. The number of H-pyrrole nitrogens is 1. The van der Waals surface area contributed by atoms with Crippen LogP contribution < -0.4 is 0 Å². The smallest absolute Gasteiger partial charge is 0.0666 e. The predicted octanol–water partition coefficient (Wildman–Crippen LogP) is 5.43. The molecule has 4 rings (SSSR count). The highest BCUT2D eigenvalue weighted by atomic mass is 35.5. The molecule has 1 aromatic heterocycles. The summed E-state index contributed by atoms with van der Waals surface area (Å²) in [5.41, 5.74) is 3.81. The number of nitrogens with one attached hydrogen (secondary N) is 1. The van der Waals surface area contributed by atoms with E-state index in [1.54, 1.807) is 0 Å². The number of alkyl halides is 1. The van der Waals surface area contributed by atoms with E-state index in [0.717, 1.165) is 6.42 Å². The van der Waals surface area contributed by atoms with Crippen molar-refractivity contribution in [2.75, 3.05) is 0 Å². The van der Waals surface area contributed by atoms with E-state index < -0.39 is 0 Å². The maximum Gasteiger partial charge on any atom is 0.0666 e. The van der Waals surface area contributed by atoms with Gasteiger partial charge in [-0.25, -0.2) is 0 Å². The van der Waals surface area contributed by atoms with Crippen LogP contribution in [0.1, 0.15) is 44.4 Å². The first-order valence-corrected chi connectivity index (χ1v) is 9.14. The summed E-state index contributed by atoms with van der Waals surface area (Å²) in [5.74, 6) is 0.802.